The fourth-order valence-electron chi connectivity index (χ4n) is 2.48. The molecule has 0 aliphatic carbocycles. The second-order valence-corrected chi connectivity index (χ2v) is 7.89. The standard InChI is InChI=1S/C17H19BrN4O7S/c1-5-6-29-16(24)11-8(2)13(17(25)28-4)30-15(11)19-10(23)7-21-9(3)12(18)14(20-21)22(26)27/h5-7H2,1-4H3,(H,19,23). The predicted molar refractivity (Wildman–Crippen MR) is 111 cm³/mol. The zero-order valence-corrected chi connectivity index (χ0v) is 19.0. The number of halogens is 1. The third-order valence-electron chi connectivity index (χ3n) is 3.99. The number of nitro groups is 1. The summed E-state index contributed by atoms with van der Waals surface area (Å²) in [6.07, 6.45) is 0.604. The molecule has 0 fully saturated rings. The maximum Gasteiger partial charge on any atom is 0.404 e. The lowest BCUT2D eigenvalue weighted by molar-refractivity contribution is -0.390. The van der Waals surface area contributed by atoms with Crippen LogP contribution in [0.3, 0.4) is 0 Å². The van der Waals surface area contributed by atoms with Crippen molar-refractivity contribution in [1.29, 1.82) is 0 Å². The van der Waals surface area contributed by atoms with Gasteiger partial charge in [0.15, 0.2) is 0 Å². The summed E-state index contributed by atoms with van der Waals surface area (Å²) in [5, 5.41) is 17.5. The molecule has 2 aromatic heterocycles. The van der Waals surface area contributed by atoms with Gasteiger partial charge in [0.1, 0.15) is 20.9 Å². The van der Waals surface area contributed by atoms with Gasteiger partial charge < -0.3 is 24.9 Å². The first-order chi connectivity index (χ1) is 14.1. The fraction of sp³-hybridized carbons (Fsp3) is 0.412. The van der Waals surface area contributed by atoms with Gasteiger partial charge in [0.2, 0.25) is 5.91 Å². The highest BCUT2D eigenvalue weighted by Crippen LogP contribution is 2.34. The summed E-state index contributed by atoms with van der Waals surface area (Å²) in [5.74, 6) is -2.33. The topological polar surface area (TPSA) is 143 Å². The van der Waals surface area contributed by atoms with E-state index in [-0.39, 0.29) is 33.1 Å². The Balaban J connectivity index is 2.33. The average molecular weight is 503 g/mol. The van der Waals surface area contributed by atoms with Crippen molar-refractivity contribution < 1.29 is 28.8 Å². The first-order valence-electron chi connectivity index (χ1n) is 8.68. The van der Waals surface area contributed by atoms with Crippen molar-refractivity contribution in [2.75, 3.05) is 19.0 Å². The Labute approximate surface area is 183 Å². The van der Waals surface area contributed by atoms with Crippen LogP contribution < -0.4 is 5.32 Å². The molecule has 11 nitrogen and oxygen atoms in total. The Morgan fingerprint density at radius 3 is 2.50 bits per heavy atom. The lowest BCUT2D eigenvalue weighted by atomic mass is 10.1. The van der Waals surface area contributed by atoms with E-state index in [0.717, 1.165) is 16.0 Å². The molecule has 0 saturated heterocycles. The van der Waals surface area contributed by atoms with Gasteiger partial charge in [-0.2, -0.15) is 4.68 Å². The van der Waals surface area contributed by atoms with Gasteiger partial charge in [0.05, 0.1) is 30.1 Å². The molecule has 0 aliphatic rings. The van der Waals surface area contributed by atoms with E-state index < -0.39 is 28.6 Å². The van der Waals surface area contributed by atoms with E-state index in [1.54, 1.807) is 13.8 Å². The highest BCUT2D eigenvalue weighted by Gasteiger charge is 2.28. The Hall–Kier alpha value is -2.80. The summed E-state index contributed by atoms with van der Waals surface area (Å²) < 4.78 is 11.2. The van der Waals surface area contributed by atoms with Crippen LogP contribution in [0.4, 0.5) is 10.8 Å². The van der Waals surface area contributed by atoms with Crippen LogP contribution in [0.2, 0.25) is 0 Å². The zero-order valence-electron chi connectivity index (χ0n) is 16.6. The van der Waals surface area contributed by atoms with E-state index in [1.165, 1.54) is 7.11 Å². The molecule has 1 N–H and O–H groups in total. The normalized spacial score (nSPS) is 10.6. The van der Waals surface area contributed by atoms with Gasteiger partial charge in [-0.25, -0.2) is 9.59 Å². The molecule has 0 radical (unpaired) electrons. The van der Waals surface area contributed by atoms with Gasteiger partial charge in [0.25, 0.3) is 0 Å². The molecule has 30 heavy (non-hydrogen) atoms. The number of anilines is 1. The van der Waals surface area contributed by atoms with Crippen molar-refractivity contribution in [2.45, 2.75) is 33.7 Å². The second-order valence-electron chi connectivity index (χ2n) is 6.07. The Kier molecular flexibility index (Phi) is 7.67. The molecule has 0 aromatic carbocycles. The van der Waals surface area contributed by atoms with Crippen molar-refractivity contribution in [3.05, 3.63) is 36.3 Å². The molecule has 13 heteroatoms. The maximum atomic E-state index is 12.6. The van der Waals surface area contributed by atoms with E-state index in [1.807, 2.05) is 6.92 Å². The van der Waals surface area contributed by atoms with Crippen LogP contribution in [0.5, 0.6) is 0 Å². The number of nitrogens with zero attached hydrogens (tertiary/aromatic N) is 3. The number of carbonyl (C=O) groups is 3. The number of ether oxygens (including phenoxy) is 2. The number of thiophene rings is 1. The highest BCUT2D eigenvalue weighted by atomic mass is 79.9. The highest BCUT2D eigenvalue weighted by molar-refractivity contribution is 9.10. The third-order valence-corrected chi connectivity index (χ3v) is 6.11. The van der Waals surface area contributed by atoms with Crippen molar-refractivity contribution in [3.8, 4) is 0 Å². The number of hydrogen-bond acceptors (Lipinski definition) is 9. The Bertz CT molecular complexity index is 1010. The zero-order chi connectivity index (χ0) is 22.6. The van der Waals surface area contributed by atoms with Crippen molar-refractivity contribution in [2.24, 2.45) is 0 Å². The van der Waals surface area contributed by atoms with Crippen LogP contribution in [0.25, 0.3) is 0 Å². The molecule has 0 saturated carbocycles. The van der Waals surface area contributed by atoms with Crippen LogP contribution in [0.15, 0.2) is 4.47 Å². The van der Waals surface area contributed by atoms with Gasteiger partial charge in [-0.15, -0.1) is 11.3 Å². The lowest BCUT2D eigenvalue weighted by Gasteiger charge is -2.07. The number of carbonyl (C=O) groups excluding carboxylic acids is 3. The SMILES string of the molecule is CCCOC(=O)c1c(NC(=O)Cn2nc([N+](=O)[O-])c(Br)c2C)sc(C(=O)OC)c1C. The van der Waals surface area contributed by atoms with Gasteiger partial charge >= 0.3 is 17.8 Å². The fourth-order valence-corrected chi connectivity index (χ4v) is 4.04. The molecule has 0 unspecified atom stereocenters. The quantitative estimate of drug-likeness (QED) is 0.329. The molecular formula is C17H19BrN4O7S. The van der Waals surface area contributed by atoms with Gasteiger partial charge in [-0.05, 0) is 46.7 Å². The first kappa shape index (κ1) is 23.5. The summed E-state index contributed by atoms with van der Waals surface area (Å²) in [6, 6.07) is 0. The number of aromatic nitrogens is 2. The minimum atomic E-state index is -0.676. The van der Waals surface area contributed by atoms with E-state index in [2.05, 4.69) is 26.3 Å². The van der Waals surface area contributed by atoms with E-state index in [0.29, 0.717) is 17.7 Å². The maximum absolute atomic E-state index is 12.6. The Morgan fingerprint density at radius 1 is 1.30 bits per heavy atom. The van der Waals surface area contributed by atoms with Crippen molar-refractivity contribution in [1.82, 2.24) is 9.78 Å². The van der Waals surface area contributed by atoms with Gasteiger partial charge in [-0.1, -0.05) is 6.92 Å². The largest absolute Gasteiger partial charge is 0.465 e. The number of methoxy groups -OCH3 is 1. The van der Waals surface area contributed by atoms with Crippen LogP contribution in [-0.4, -0.2) is 46.3 Å². The van der Waals surface area contributed by atoms with Crippen molar-refractivity contribution in [3.63, 3.8) is 0 Å². The predicted octanol–water partition coefficient (Wildman–Crippen LogP) is 3.22. The number of amides is 1. The molecule has 2 aromatic rings. The van der Waals surface area contributed by atoms with Crippen LogP contribution in [0.1, 0.15) is 44.6 Å². The summed E-state index contributed by atoms with van der Waals surface area (Å²) >= 11 is 3.97. The molecular weight excluding hydrogens is 484 g/mol. The first-order valence-corrected chi connectivity index (χ1v) is 10.3. The molecule has 0 bridgehead atoms. The molecule has 0 atom stereocenters. The molecule has 0 aliphatic heterocycles. The number of rotatable bonds is 8. The molecule has 162 valence electrons. The lowest BCUT2D eigenvalue weighted by Crippen LogP contribution is -2.21. The summed E-state index contributed by atoms with van der Waals surface area (Å²) in [5.41, 5.74) is 0.778. The van der Waals surface area contributed by atoms with Crippen LogP contribution >= 0.6 is 27.3 Å². The number of nitrogens with one attached hydrogen (secondary N) is 1. The summed E-state index contributed by atoms with van der Waals surface area (Å²) in [4.78, 5) is 47.5. The molecule has 2 heterocycles. The number of esters is 2. The van der Waals surface area contributed by atoms with Gasteiger partial charge in [0, 0.05) is 0 Å². The van der Waals surface area contributed by atoms with E-state index in [4.69, 9.17) is 9.47 Å². The molecule has 0 spiro atoms. The average Bonchev–Trinajstić information content (AvgIpc) is 3.16. The number of hydrogen-bond donors (Lipinski definition) is 1. The Morgan fingerprint density at radius 2 is 1.97 bits per heavy atom. The van der Waals surface area contributed by atoms with E-state index >= 15 is 0 Å². The minimum absolute atomic E-state index is 0.0616. The van der Waals surface area contributed by atoms with E-state index in [9.17, 15) is 24.5 Å². The van der Waals surface area contributed by atoms with Crippen LogP contribution in [0, 0.1) is 24.0 Å². The monoisotopic (exact) mass is 502 g/mol. The van der Waals surface area contributed by atoms with Crippen LogP contribution in [-0.2, 0) is 20.8 Å². The van der Waals surface area contributed by atoms with Gasteiger partial charge in [-0.3, -0.25) is 4.79 Å². The summed E-state index contributed by atoms with van der Waals surface area (Å²) in [7, 11) is 1.21. The second kappa shape index (κ2) is 9.80. The minimum Gasteiger partial charge on any atom is -0.465 e. The molecule has 2 rings (SSSR count). The van der Waals surface area contributed by atoms with Crippen molar-refractivity contribution >= 4 is 55.9 Å². The molecule has 1 amide bonds. The third kappa shape index (κ3) is 4.84. The smallest absolute Gasteiger partial charge is 0.404 e. The summed E-state index contributed by atoms with van der Waals surface area (Å²) in [6.45, 7) is 4.79.